The highest BCUT2D eigenvalue weighted by atomic mass is 16.5. The molecule has 0 spiro atoms. The van der Waals surface area contributed by atoms with Crippen molar-refractivity contribution in [2.45, 2.75) is 32.7 Å². The SMILES string of the molecule is CCN(CC)CCNC(CN)C1CCCOC1. The summed E-state index contributed by atoms with van der Waals surface area (Å²) in [5.41, 5.74) is 5.85. The standard InChI is InChI=1S/C13H29N3O/c1-3-16(4-2)8-7-15-13(10-14)12-6-5-9-17-11-12/h12-13,15H,3-11,14H2,1-2H3. The van der Waals surface area contributed by atoms with E-state index in [0.29, 0.717) is 18.5 Å². The van der Waals surface area contributed by atoms with Crippen molar-refractivity contribution in [1.29, 1.82) is 0 Å². The van der Waals surface area contributed by atoms with Gasteiger partial charge in [-0.3, -0.25) is 0 Å². The van der Waals surface area contributed by atoms with E-state index < -0.39 is 0 Å². The second-order valence-electron chi connectivity index (χ2n) is 4.80. The van der Waals surface area contributed by atoms with Crippen LogP contribution in [0.2, 0.25) is 0 Å². The average molecular weight is 243 g/mol. The molecule has 0 aromatic carbocycles. The Morgan fingerprint density at radius 3 is 2.71 bits per heavy atom. The lowest BCUT2D eigenvalue weighted by Crippen LogP contribution is -2.47. The Kier molecular flexibility index (Phi) is 7.77. The van der Waals surface area contributed by atoms with Gasteiger partial charge in [0.1, 0.15) is 0 Å². The summed E-state index contributed by atoms with van der Waals surface area (Å²) < 4.78 is 5.53. The second-order valence-corrected chi connectivity index (χ2v) is 4.80. The molecule has 1 heterocycles. The molecule has 17 heavy (non-hydrogen) atoms. The van der Waals surface area contributed by atoms with E-state index in [4.69, 9.17) is 10.5 Å². The Balaban J connectivity index is 2.21. The number of likely N-dealkylation sites (N-methyl/N-ethyl adjacent to an activating group) is 1. The summed E-state index contributed by atoms with van der Waals surface area (Å²) in [5, 5.41) is 3.59. The van der Waals surface area contributed by atoms with E-state index in [1.165, 1.54) is 12.8 Å². The highest BCUT2D eigenvalue weighted by molar-refractivity contribution is 4.79. The lowest BCUT2D eigenvalue weighted by atomic mass is 9.94. The van der Waals surface area contributed by atoms with Crippen molar-refractivity contribution >= 4 is 0 Å². The van der Waals surface area contributed by atoms with Crippen molar-refractivity contribution in [2.75, 3.05) is 45.9 Å². The molecule has 4 heteroatoms. The lowest BCUT2D eigenvalue weighted by molar-refractivity contribution is 0.0402. The zero-order valence-electron chi connectivity index (χ0n) is 11.5. The molecule has 4 nitrogen and oxygen atoms in total. The molecule has 0 bridgehead atoms. The number of ether oxygens (including phenoxy) is 1. The van der Waals surface area contributed by atoms with Crippen LogP contribution < -0.4 is 11.1 Å². The molecule has 1 saturated heterocycles. The second kappa shape index (κ2) is 8.86. The molecule has 2 unspecified atom stereocenters. The van der Waals surface area contributed by atoms with Gasteiger partial charge in [0.05, 0.1) is 6.61 Å². The van der Waals surface area contributed by atoms with E-state index in [2.05, 4.69) is 24.1 Å². The fourth-order valence-corrected chi connectivity index (χ4v) is 2.47. The van der Waals surface area contributed by atoms with Gasteiger partial charge in [0, 0.05) is 32.3 Å². The van der Waals surface area contributed by atoms with Gasteiger partial charge in [0.2, 0.25) is 0 Å². The van der Waals surface area contributed by atoms with Gasteiger partial charge in [0.25, 0.3) is 0 Å². The summed E-state index contributed by atoms with van der Waals surface area (Å²) in [7, 11) is 0. The van der Waals surface area contributed by atoms with Crippen LogP contribution >= 0.6 is 0 Å². The van der Waals surface area contributed by atoms with Crippen LogP contribution in [0.4, 0.5) is 0 Å². The Morgan fingerprint density at radius 2 is 2.18 bits per heavy atom. The fraction of sp³-hybridized carbons (Fsp3) is 1.00. The Labute approximate surface area is 106 Å². The maximum absolute atomic E-state index is 5.85. The number of hydrogen-bond donors (Lipinski definition) is 2. The van der Waals surface area contributed by atoms with E-state index in [1.807, 2.05) is 0 Å². The lowest BCUT2D eigenvalue weighted by Gasteiger charge is -2.31. The third-order valence-electron chi connectivity index (χ3n) is 3.75. The Hall–Kier alpha value is -0.160. The molecule has 0 aromatic heterocycles. The maximum Gasteiger partial charge on any atom is 0.0509 e. The molecular weight excluding hydrogens is 214 g/mol. The largest absolute Gasteiger partial charge is 0.381 e. The maximum atomic E-state index is 5.85. The molecule has 1 rings (SSSR count). The first-order valence-electron chi connectivity index (χ1n) is 7.05. The monoisotopic (exact) mass is 243 g/mol. The minimum absolute atomic E-state index is 0.422. The summed E-state index contributed by atoms with van der Waals surface area (Å²) in [6, 6.07) is 0.422. The van der Waals surface area contributed by atoms with Crippen LogP contribution in [0.15, 0.2) is 0 Å². The van der Waals surface area contributed by atoms with Gasteiger partial charge < -0.3 is 20.7 Å². The first-order valence-corrected chi connectivity index (χ1v) is 7.05. The summed E-state index contributed by atoms with van der Waals surface area (Å²) in [5.74, 6) is 0.602. The highest BCUT2D eigenvalue weighted by Gasteiger charge is 2.22. The van der Waals surface area contributed by atoms with E-state index in [0.717, 1.165) is 39.4 Å². The van der Waals surface area contributed by atoms with Crippen molar-refractivity contribution in [1.82, 2.24) is 10.2 Å². The van der Waals surface area contributed by atoms with Gasteiger partial charge in [-0.25, -0.2) is 0 Å². The van der Waals surface area contributed by atoms with Crippen LogP contribution in [0.5, 0.6) is 0 Å². The van der Waals surface area contributed by atoms with E-state index >= 15 is 0 Å². The Bertz CT molecular complexity index is 180. The van der Waals surface area contributed by atoms with Crippen LogP contribution in [0.25, 0.3) is 0 Å². The van der Waals surface area contributed by atoms with E-state index in [9.17, 15) is 0 Å². The third-order valence-corrected chi connectivity index (χ3v) is 3.75. The minimum atomic E-state index is 0.422. The zero-order chi connectivity index (χ0) is 12.5. The average Bonchev–Trinajstić information content (AvgIpc) is 2.40. The molecule has 1 fully saturated rings. The van der Waals surface area contributed by atoms with Gasteiger partial charge in [-0.1, -0.05) is 13.8 Å². The molecule has 2 atom stereocenters. The van der Waals surface area contributed by atoms with E-state index in [-0.39, 0.29) is 0 Å². The molecule has 0 radical (unpaired) electrons. The first kappa shape index (κ1) is 14.9. The molecule has 0 aliphatic carbocycles. The summed E-state index contributed by atoms with van der Waals surface area (Å²) in [4.78, 5) is 2.43. The Morgan fingerprint density at radius 1 is 1.41 bits per heavy atom. The molecule has 102 valence electrons. The summed E-state index contributed by atoms with van der Waals surface area (Å²) >= 11 is 0. The van der Waals surface area contributed by atoms with E-state index in [1.54, 1.807) is 0 Å². The molecule has 3 N–H and O–H groups in total. The van der Waals surface area contributed by atoms with Crippen molar-refractivity contribution in [2.24, 2.45) is 11.7 Å². The van der Waals surface area contributed by atoms with Gasteiger partial charge >= 0.3 is 0 Å². The molecule has 1 aliphatic rings. The van der Waals surface area contributed by atoms with Gasteiger partial charge in [-0.05, 0) is 31.8 Å². The number of nitrogens with zero attached hydrogens (tertiary/aromatic N) is 1. The number of rotatable bonds is 8. The van der Waals surface area contributed by atoms with Crippen molar-refractivity contribution in [3.8, 4) is 0 Å². The number of nitrogens with one attached hydrogen (secondary N) is 1. The summed E-state index contributed by atoms with van der Waals surface area (Å²) in [6.45, 7) is 11.3. The minimum Gasteiger partial charge on any atom is -0.381 e. The normalized spacial score (nSPS) is 22.9. The van der Waals surface area contributed by atoms with Crippen molar-refractivity contribution in [3.05, 3.63) is 0 Å². The predicted octanol–water partition coefficient (Wildman–Crippen LogP) is 0.672. The smallest absolute Gasteiger partial charge is 0.0509 e. The van der Waals surface area contributed by atoms with Crippen LogP contribution in [0.1, 0.15) is 26.7 Å². The number of hydrogen-bond acceptors (Lipinski definition) is 4. The molecule has 1 aliphatic heterocycles. The molecular formula is C13H29N3O. The van der Waals surface area contributed by atoms with Gasteiger partial charge in [-0.15, -0.1) is 0 Å². The van der Waals surface area contributed by atoms with Crippen LogP contribution in [0, 0.1) is 5.92 Å². The third kappa shape index (κ3) is 5.34. The van der Waals surface area contributed by atoms with Crippen LogP contribution in [-0.2, 0) is 4.74 Å². The molecule has 0 aromatic rings. The zero-order valence-corrected chi connectivity index (χ0v) is 11.5. The fourth-order valence-electron chi connectivity index (χ4n) is 2.47. The highest BCUT2D eigenvalue weighted by Crippen LogP contribution is 2.16. The topological polar surface area (TPSA) is 50.5 Å². The van der Waals surface area contributed by atoms with Crippen LogP contribution in [-0.4, -0.2) is 56.9 Å². The quantitative estimate of drug-likeness (QED) is 0.658. The van der Waals surface area contributed by atoms with Crippen molar-refractivity contribution < 1.29 is 4.74 Å². The number of nitrogens with two attached hydrogens (primary N) is 1. The van der Waals surface area contributed by atoms with Gasteiger partial charge in [-0.2, -0.15) is 0 Å². The summed E-state index contributed by atoms with van der Waals surface area (Å²) in [6.07, 6.45) is 2.43. The van der Waals surface area contributed by atoms with Gasteiger partial charge in [0.15, 0.2) is 0 Å². The predicted molar refractivity (Wildman–Crippen MR) is 72.2 cm³/mol. The van der Waals surface area contributed by atoms with Crippen molar-refractivity contribution in [3.63, 3.8) is 0 Å². The van der Waals surface area contributed by atoms with Crippen LogP contribution in [0.3, 0.4) is 0 Å². The molecule has 0 saturated carbocycles. The molecule has 0 amide bonds. The first-order chi connectivity index (χ1) is 8.31.